The van der Waals surface area contributed by atoms with Crippen LogP contribution in [0.25, 0.3) is 0 Å². The molecule has 2 aromatic heterocycles. The monoisotopic (exact) mass is 317 g/mol. The molecule has 23 heavy (non-hydrogen) atoms. The van der Waals surface area contributed by atoms with E-state index in [1.165, 1.54) is 0 Å². The number of pyridine rings is 1. The highest BCUT2D eigenvalue weighted by Crippen LogP contribution is 2.15. The molecule has 0 fully saturated rings. The Balaban J connectivity index is 1.82. The summed E-state index contributed by atoms with van der Waals surface area (Å²) in [5.74, 6) is 1.39. The summed E-state index contributed by atoms with van der Waals surface area (Å²) < 4.78 is 10.9. The maximum atomic E-state index is 12.0. The van der Waals surface area contributed by atoms with Crippen molar-refractivity contribution in [3.63, 3.8) is 0 Å². The Kier molecular flexibility index (Phi) is 6.02. The van der Waals surface area contributed by atoms with Gasteiger partial charge in [0.15, 0.2) is 0 Å². The number of urea groups is 1. The first kappa shape index (κ1) is 16.9. The normalized spacial score (nSPS) is 12.0. The summed E-state index contributed by atoms with van der Waals surface area (Å²) in [7, 11) is 0. The number of carbonyl (C=O) groups is 1. The van der Waals surface area contributed by atoms with Crippen molar-refractivity contribution >= 4 is 6.03 Å². The summed E-state index contributed by atoms with van der Waals surface area (Å²) in [6.45, 7) is 6.17. The van der Waals surface area contributed by atoms with Crippen molar-refractivity contribution < 1.29 is 13.9 Å². The van der Waals surface area contributed by atoms with Crippen LogP contribution in [-0.4, -0.2) is 23.2 Å². The number of amides is 2. The molecule has 2 N–H and O–H groups in total. The maximum absolute atomic E-state index is 12.0. The van der Waals surface area contributed by atoms with Crippen LogP contribution in [0.15, 0.2) is 41.1 Å². The van der Waals surface area contributed by atoms with Crippen LogP contribution in [0.4, 0.5) is 4.79 Å². The van der Waals surface area contributed by atoms with Crippen molar-refractivity contribution in [3.05, 3.63) is 48.0 Å². The molecule has 0 saturated carbocycles. The van der Waals surface area contributed by atoms with Crippen LogP contribution in [0, 0.1) is 0 Å². The molecule has 0 aromatic carbocycles. The second-order valence-electron chi connectivity index (χ2n) is 5.65. The van der Waals surface area contributed by atoms with E-state index in [9.17, 15) is 4.79 Å². The molecule has 0 radical (unpaired) electrons. The molecule has 6 heteroatoms. The summed E-state index contributed by atoms with van der Waals surface area (Å²) >= 11 is 0. The van der Waals surface area contributed by atoms with Gasteiger partial charge in [-0.15, -0.1) is 0 Å². The molecule has 0 saturated heterocycles. The Hall–Kier alpha value is -2.50. The van der Waals surface area contributed by atoms with Gasteiger partial charge in [-0.05, 0) is 39.0 Å². The van der Waals surface area contributed by atoms with E-state index in [1.807, 2.05) is 45.0 Å². The largest absolute Gasteiger partial charge is 0.475 e. The van der Waals surface area contributed by atoms with E-state index in [4.69, 9.17) is 9.15 Å². The Labute approximate surface area is 136 Å². The minimum atomic E-state index is -0.233. The van der Waals surface area contributed by atoms with E-state index < -0.39 is 0 Å². The Morgan fingerprint density at radius 3 is 2.83 bits per heavy atom. The molecular weight excluding hydrogens is 294 g/mol. The standard InChI is InChI=1S/C17H23N3O3/c1-12(2)23-16-14(6-4-8-18-16)11-19-17(21)20-13(3)10-15-7-5-9-22-15/h4-9,12-13H,10-11H2,1-3H3,(H2,19,20,21)/t13-/m0/s1. The van der Waals surface area contributed by atoms with E-state index >= 15 is 0 Å². The van der Waals surface area contributed by atoms with Gasteiger partial charge in [0.05, 0.1) is 12.4 Å². The zero-order chi connectivity index (χ0) is 16.7. The van der Waals surface area contributed by atoms with E-state index in [0.717, 1.165) is 11.3 Å². The fraction of sp³-hybridized carbons (Fsp3) is 0.412. The number of furan rings is 1. The van der Waals surface area contributed by atoms with E-state index in [-0.39, 0.29) is 18.2 Å². The summed E-state index contributed by atoms with van der Waals surface area (Å²) in [6, 6.07) is 7.17. The number of hydrogen-bond donors (Lipinski definition) is 2. The van der Waals surface area contributed by atoms with Crippen molar-refractivity contribution in [2.45, 2.75) is 45.9 Å². The number of aromatic nitrogens is 1. The Morgan fingerprint density at radius 2 is 2.13 bits per heavy atom. The molecule has 0 spiro atoms. The molecule has 1 atom stereocenters. The van der Waals surface area contributed by atoms with Crippen molar-refractivity contribution in [1.82, 2.24) is 15.6 Å². The predicted octanol–water partition coefficient (Wildman–Crippen LogP) is 2.89. The first-order chi connectivity index (χ1) is 11.0. The third kappa shape index (κ3) is 5.65. The van der Waals surface area contributed by atoms with E-state index in [0.29, 0.717) is 18.8 Å². The highest BCUT2D eigenvalue weighted by atomic mass is 16.5. The number of nitrogens with zero attached hydrogens (tertiary/aromatic N) is 1. The fourth-order valence-electron chi connectivity index (χ4n) is 2.12. The van der Waals surface area contributed by atoms with E-state index in [1.54, 1.807) is 12.5 Å². The second kappa shape index (κ2) is 8.22. The van der Waals surface area contributed by atoms with Gasteiger partial charge in [-0.25, -0.2) is 9.78 Å². The van der Waals surface area contributed by atoms with Gasteiger partial charge in [0.1, 0.15) is 5.76 Å². The lowest BCUT2D eigenvalue weighted by atomic mass is 10.2. The highest BCUT2D eigenvalue weighted by molar-refractivity contribution is 5.74. The molecule has 6 nitrogen and oxygen atoms in total. The first-order valence-corrected chi connectivity index (χ1v) is 7.72. The average Bonchev–Trinajstić information content (AvgIpc) is 2.98. The molecular formula is C17H23N3O3. The SMILES string of the molecule is CC(C)Oc1ncccc1CNC(=O)N[C@@H](C)Cc1ccco1. The van der Waals surface area contributed by atoms with Crippen LogP contribution in [0.2, 0.25) is 0 Å². The fourth-order valence-corrected chi connectivity index (χ4v) is 2.12. The van der Waals surface area contributed by atoms with Gasteiger partial charge >= 0.3 is 6.03 Å². The van der Waals surface area contributed by atoms with Crippen molar-refractivity contribution in [1.29, 1.82) is 0 Å². The summed E-state index contributed by atoms with van der Waals surface area (Å²) in [6.07, 6.45) is 3.98. The van der Waals surface area contributed by atoms with Gasteiger partial charge in [-0.2, -0.15) is 0 Å². The summed E-state index contributed by atoms with van der Waals surface area (Å²) in [4.78, 5) is 16.2. The average molecular weight is 317 g/mol. The third-order valence-corrected chi connectivity index (χ3v) is 3.10. The Morgan fingerprint density at radius 1 is 1.30 bits per heavy atom. The molecule has 0 unspecified atom stereocenters. The minimum absolute atomic E-state index is 0.0265. The van der Waals surface area contributed by atoms with Gasteiger partial charge < -0.3 is 19.8 Å². The van der Waals surface area contributed by atoms with Crippen LogP contribution < -0.4 is 15.4 Å². The molecule has 0 aliphatic carbocycles. The molecule has 2 aromatic rings. The maximum Gasteiger partial charge on any atom is 0.315 e. The summed E-state index contributed by atoms with van der Waals surface area (Å²) in [5.41, 5.74) is 0.843. The van der Waals surface area contributed by atoms with Crippen LogP contribution in [-0.2, 0) is 13.0 Å². The van der Waals surface area contributed by atoms with Crippen molar-refractivity contribution in [2.75, 3.05) is 0 Å². The lowest BCUT2D eigenvalue weighted by Crippen LogP contribution is -2.41. The predicted molar refractivity (Wildman–Crippen MR) is 87.2 cm³/mol. The molecule has 0 aliphatic heterocycles. The van der Waals surface area contributed by atoms with Crippen molar-refractivity contribution in [2.24, 2.45) is 0 Å². The molecule has 2 amide bonds. The van der Waals surface area contributed by atoms with Gasteiger partial charge in [0, 0.05) is 30.8 Å². The number of ether oxygens (including phenoxy) is 1. The van der Waals surface area contributed by atoms with Crippen molar-refractivity contribution in [3.8, 4) is 5.88 Å². The van der Waals surface area contributed by atoms with Gasteiger partial charge in [0.25, 0.3) is 0 Å². The molecule has 124 valence electrons. The van der Waals surface area contributed by atoms with Gasteiger partial charge in [0.2, 0.25) is 5.88 Å². The molecule has 2 rings (SSSR count). The van der Waals surface area contributed by atoms with Crippen LogP contribution in [0.3, 0.4) is 0 Å². The zero-order valence-electron chi connectivity index (χ0n) is 13.7. The zero-order valence-corrected chi connectivity index (χ0v) is 13.7. The van der Waals surface area contributed by atoms with E-state index in [2.05, 4.69) is 15.6 Å². The topological polar surface area (TPSA) is 76.4 Å². The molecule has 2 heterocycles. The number of hydrogen-bond acceptors (Lipinski definition) is 4. The van der Waals surface area contributed by atoms with Crippen LogP contribution in [0.1, 0.15) is 32.1 Å². The number of carbonyl (C=O) groups excluding carboxylic acids is 1. The number of nitrogens with one attached hydrogen (secondary N) is 2. The Bertz CT molecular complexity index is 611. The van der Waals surface area contributed by atoms with Gasteiger partial charge in [-0.3, -0.25) is 0 Å². The summed E-state index contributed by atoms with van der Waals surface area (Å²) in [5, 5.41) is 5.70. The third-order valence-electron chi connectivity index (χ3n) is 3.10. The molecule has 0 aliphatic rings. The lowest BCUT2D eigenvalue weighted by molar-refractivity contribution is 0.227. The lowest BCUT2D eigenvalue weighted by Gasteiger charge is -2.15. The second-order valence-corrected chi connectivity index (χ2v) is 5.65. The smallest absolute Gasteiger partial charge is 0.315 e. The van der Waals surface area contributed by atoms with Gasteiger partial charge in [-0.1, -0.05) is 6.07 Å². The quantitative estimate of drug-likeness (QED) is 0.823. The molecule has 0 bridgehead atoms. The highest BCUT2D eigenvalue weighted by Gasteiger charge is 2.11. The minimum Gasteiger partial charge on any atom is -0.475 e. The first-order valence-electron chi connectivity index (χ1n) is 7.72. The van der Waals surface area contributed by atoms with Crippen LogP contribution in [0.5, 0.6) is 5.88 Å². The van der Waals surface area contributed by atoms with Crippen LogP contribution >= 0.6 is 0 Å². The number of rotatable bonds is 7.